The number of fused-ring (bicyclic) bond motifs is 1. The number of likely N-dealkylation sites (tertiary alicyclic amines) is 1. The van der Waals surface area contributed by atoms with Gasteiger partial charge in [-0.1, -0.05) is 24.3 Å². The lowest BCUT2D eigenvalue weighted by atomic mass is 9.95. The number of piperidine rings is 1. The molecule has 2 aliphatic rings. The molecular formula is C21H28ClN3OS. The Bertz CT molecular complexity index is 742. The van der Waals surface area contributed by atoms with Gasteiger partial charge in [0, 0.05) is 36.1 Å². The predicted molar refractivity (Wildman–Crippen MR) is 115 cm³/mol. The van der Waals surface area contributed by atoms with Gasteiger partial charge in [-0.3, -0.25) is 9.69 Å². The van der Waals surface area contributed by atoms with Crippen LogP contribution >= 0.6 is 23.7 Å². The Kier molecular flexibility index (Phi) is 7.16. The third-order valence-corrected chi connectivity index (χ3v) is 6.47. The first-order valence-corrected chi connectivity index (χ1v) is 10.5. The largest absolute Gasteiger partial charge is 0.384 e. The first kappa shape index (κ1) is 20.2. The second-order valence-electron chi connectivity index (χ2n) is 7.30. The minimum absolute atomic E-state index is 0. The number of halogens is 1. The Morgan fingerprint density at radius 2 is 2.07 bits per heavy atom. The van der Waals surface area contributed by atoms with Crippen LogP contribution in [0.5, 0.6) is 0 Å². The lowest BCUT2D eigenvalue weighted by Crippen LogP contribution is -2.40. The SMILES string of the molecule is Cl.O=C(NCCc1cccs1)C1CCN(Cc2cccc3c2NCC3)CC1. The van der Waals surface area contributed by atoms with Gasteiger partial charge in [-0.05, 0) is 61.3 Å². The van der Waals surface area contributed by atoms with E-state index in [2.05, 4.69) is 51.2 Å². The Morgan fingerprint density at radius 1 is 1.22 bits per heavy atom. The van der Waals surface area contributed by atoms with Crippen molar-refractivity contribution in [1.29, 1.82) is 0 Å². The van der Waals surface area contributed by atoms with Gasteiger partial charge in [-0.15, -0.1) is 23.7 Å². The molecule has 27 heavy (non-hydrogen) atoms. The molecule has 1 amide bonds. The van der Waals surface area contributed by atoms with Crippen LogP contribution in [0.1, 0.15) is 28.8 Å². The summed E-state index contributed by atoms with van der Waals surface area (Å²) >= 11 is 1.76. The number of hydrogen-bond donors (Lipinski definition) is 2. The molecule has 0 radical (unpaired) electrons. The normalized spacial score (nSPS) is 17.0. The Labute approximate surface area is 171 Å². The van der Waals surface area contributed by atoms with Crippen LogP contribution in [-0.4, -0.2) is 37.0 Å². The van der Waals surface area contributed by atoms with Crippen LogP contribution in [-0.2, 0) is 24.2 Å². The highest BCUT2D eigenvalue weighted by atomic mass is 35.5. The molecule has 6 heteroatoms. The fourth-order valence-corrected chi connectivity index (χ4v) is 4.75. The van der Waals surface area contributed by atoms with E-state index in [9.17, 15) is 4.79 Å². The third-order valence-electron chi connectivity index (χ3n) is 5.54. The molecule has 0 atom stereocenters. The van der Waals surface area contributed by atoms with Crippen molar-refractivity contribution in [2.75, 3.05) is 31.5 Å². The van der Waals surface area contributed by atoms with E-state index in [0.717, 1.165) is 58.4 Å². The van der Waals surface area contributed by atoms with E-state index in [1.54, 1.807) is 11.3 Å². The molecular weight excluding hydrogens is 378 g/mol. The van der Waals surface area contributed by atoms with Crippen molar-refractivity contribution in [2.24, 2.45) is 5.92 Å². The molecule has 1 fully saturated rings. The number of nitrogens with one attached hydrogen (secondary N) is 2. The summed E-state index contributed by atoms with van der Waals surface area (Å²) in [5, 5.41) is 8.75. The van der Waals surface area contributed by atoms with Gasteiger partial charge in [0.2, 0.25) is 5.91 Å². The zero-order valence-electron chi connectivity index (χ0n) is 15.6. The first-order valence-electron chi connectivity index (χ1n) is 9.66. The van der Waals surface area contributed by atoms with Crippen LogP contribution in [0.25, 0.3) is 0 Å². The molecule has 2 aromatic rings. The second kappa shape index (κ2) is 9.58. The van der Waals surface area contributed by atoms with Crippen LogP contribution in [0.15, 0.2) is 35.7 Å². The summed E-state index contributed by atoms with van der Waals surface area (Å²) in [5.74, 6) is 0.415. The summed E-state index contributed by atoms with van der Waals surface area (Å²) in [6.45, 7) is 4.81. The van der Waals surface area contributed by atoms with Crippen LogP contribution in [0, 0.1) is 5.92 Å². The highest BCUT2D eigenvalue weighted by Crippen LogP contribution is 2.28. The quantitative estimate of drug-likeness (QED) is 0.770. The lowest BCUT2D eigenvalue weighted by molar-refractivity contribution is -0.126. The molecule has 0 aliphatic carbocycles. The molecule has 2 aliphatic heterocycles. The van der Waals surface area contributed by atoms with E-state index >= 15 is 0 Å². The predicted octanol–water partition coefficient (Wildman–Crippen LogP) is 3.71. The molecule has 2 N–H and O–H groups in total. The van der Waals surface area contributed by atoms with Gasteiger partial charge in [0.1, 0.15) is 0 Å². The number of rotatable bonds is 6. The molecule has 1 aromatic heterocycles. The maximum absolute atomic E-state index is 12.4. The first-order chi connectivity index (χ1) is 12.8. The van der Waals surface area contributed by atoms with Crippen molar-refractivity contribution in [3.8, 4) is 0 Å². The number of benzene rings is 1. The van der Waals surface area contributed by atoms with E-state index < -0.39 is 0 Å². The molecule has 4 rings (SSSR count). The van der Waals surface area contributed by atoms with Gasteiger partial charge in [0.15, 0.2) is 0 Å². The Balaban J connectivity index is 0.00000210. The molecule has 1 aromatic carbocycles. The Hall–Kier alpha value is -1.56. The van der Waals surface area contributed by atoms with Crippen molar-refractivity contribution in [2.45, 2.75) is 32.2 Å². The van der Waals surface area contributed by atoms with Gasteiger partial charge < -0.3 is 10.6 Å². The van der Waals surface area contributed by atoms with Crippen molar-refractivity contribution in [3.63, 3.8) is 0 Å². The number of anilines is 1. The summed E-state index contributed by atoms with van der Waals surface area (Å²) in [5.41, 5.74) is 4.20. The van der Waals surface area contributed by atoms with Crippen molar-refractivity contribution < 1.29 is 4.79 Å². The smallest absolute Gasteiger partial charge is 0.223 e. The lowest BCUT2D eigenvalue weighted by Gasteiger charge is -2.31. The zero-order valence-corrected chi connectivity index (χ0v) is 17.2. The van der Waals surface area contributed by atoms with E-state index in [1.807, 2.05) is 0 Å². The highest BCUT2D eigenvalue weighted by molar-refractivity contribution is 7.09. The van der Waals surface area contributed by atoms with E-state index in [1.165, 1.54) is 21.7 Å². The number of carbonyl (C=O) groups is 1. The summed E-state index contributed by atoms with van der Waals surface area (Å²) in [6.07, 6.45) is 4.01. The van der Waals surface area contributed by atoms with Crippen LogP contribution in [0.3, 0.4) is 0 Å². The molecule has 0 bridgehead atoms. The molecule has 0 unspecified atom stereocenters. The van der Waals surface area contributed by atoms with Crippen molar-refractivity contribution in [3.05, 3.63) is 51.7 Å². The van der Waals surface area contributed by atoms with E-state index in [4.69, 9.17) is 0 Å². The third kappa shape index (κ3) is 5.03. The van der Waals surface area contributed by atoms with Gasteiger partial charge >= 0.3 is 0 Å². The molecule has 4 nitrogen and oxygen atoms in total. The maximum atomic E-state index is 12.4. The molecule has 0 spiro atoms. The summed E-state index contributed by atoms with van der Waals surface area (Å²) in [6, 6.07) is 10.8. The number of para-hydroxylation sites is 1. The van der Waals surface area contributed by atoms with Crippen molar-refractivity contribution >= 4 is 35.3 Å². The number of carbonyl (C=O) groups excluding carboxylic acids is 1. The fraction of sp³-hybridized carbons (Fsp3) is 0.476. The van der Waals surface area contributed by atoms with Crippen LogP contribution in [0.4, 0.5) is 5.69 Å². The van der Waals surface area contributed by atoms with E-state index in [-0.39, 0.29) is 24.2 Å². The average Bonchev–Trinajstić information content (AvgIpc) is 3.34. The number of nitrogens with zero attached hydrogens (tertiary/aromatic N) is 1. The highest BCUT2D eigenvalue weighted by Gasteiger charge is 2.25. The minimum Gasteiger partial charge on any atom is -0.384 e. The van der Waals surface area contributed by atoms with Gasteiger partial charge in [0.25, 0.3) is 0 Å². The number of amides is 1. The molecule has 0 saturated carbocycles. The van der Waals surface area contributed by atoms with E-state index in [0.29, 0.717) is 0 Å². The van der Waals surface area contributed by atoms with Crippen LogP contribution in [0.2, 0.25) is 0 Å². The van der Waals surface area contributed by atoms with Crippen molar-refractivity contribution in [1.82, 2.24) is 10.2 Å². The fourth-order valence-electron chi connectivity index (χ4n) is 4.04. The summed E-state index contributed by atoms with van der Waals surface area (Å²) in [4.78, 5) is 16.2. The van der Waals surface area contributed by atoms with Crippen LogP contribution < -0.4 is 10.6 Å². The average molecular weight is 406 g/mol. The van der Waals surface area contributed by atoms with Gasteiger partial charge in [0.05, 0.1) is 0 Å². The molecule has 1 saturated heterocycles. The maximum Gasteiger partial charge on any atom is 0.223 e. The standard InChI is InChI=1S/C21H27N3OS.ClH/c25-21(23-11-7-19-5-2-14-26-19)17-8-12-24(13-9-17)15-18-4-1-3-16-6-10-22-20(16)18;/h1-5,14,17,22H,6-13,15H2,(H,23,25);1H. The van der Waals surface area contributed by atoms with Gasteiger partial charge in [-0.25, -0.2) is 0 Å². The topological polar surface area (TPSA) is 44.4 Å². The summed E-state index contributed by atoms with van der Waals surface area (Å²) < 4.78 is 0. The van der Waals surface area contributed by atoms with Gasteiger partial charge in [-0.2, -0.15) is 0 Å². The second-order valence-corrected chi connectivity index (χ2v) is 8.33. The summed E-state index contributed by atoms with van der Waals surface area (Å²) in [7, 11) is 0. The number of thiophene rings is 1. The Morgan fingerprint density at radius 3 is 2.85 bits per heavy atom. The minimum atomic E-state index is 0. The molecule has 146 valence electrons. The number of hydrogen-bond acceptors (Lipinski definition) is 4. The monoisotopic (exact) mass is 405 g/mol. The molecule has 3 heterocycles. The zero-order chi connectivity index (χ0) is 17.8.